The number of hydrogen-bond acceptors (Lipinski definition) is 5. The molecule has 23 heavy (non-hydrogen) atoms. The van der Waals surface area contributed by atoms with Gasteiger partial charge >= 0.3 is 0 Å². The smallest absolute Gasteiger partial charge is 0.124 e. The van der Waals surface area contributed by atoms with Gasteiger partial charge in [-0.1, -0.05) is 6.07 Å². The summed E-state index contributed by atoms with van der Waals surface area (Å²) >= 11 is 0. The quantitative estimate of drug-likeness (QED) is 0.751. The Balaban J connectivity index is 2.10. The molecule has 0 bridgehead atoms. The lowest BCUT2D eigenvalue weighted by Gasteiger charge is -2.32. The van der Waals surface area contributed by atoms with E-state index in [9.17, 15) is 0 Å². The minimum Gasteiger partial charge on any atom is -0.496 e. The lowest BCUT2D eigenvalue weighted by molar-refractivity contribution is 0.163. The highest BCUT2D eigenvalue weighted by molar-refractivity contribution is 5.55. The average Bonchev–Trinajstić information content (AvgIpc) is 2.55. The molecule has 0 unspecified atom stereocenters. The molecule has 128 valence electrons. The molecular formula is C18H29N3O2. The molecule has 1 aromatic rings. The minimum atomic E-state index is 0.238. The maximum Gasteiger partial charge on any atom is 0.124 e. The first-order chi connectivity index (χ1) is 11.0. The van der Waals surface area contributed by atoms with Crippen molar-refractivity contribution in [1.82, 2.24) is 4.90 Å². The monoisotopic (exact) mass is 319 g/mol. The molecule has 4 N–H and O–H groups in total. The van der Waals surface area contributed by atoms with Crippen LogP contribution in [0.25, 0.3) is 0 Å². The van der Waals surface area contributed by atoms with Crippen molar-refractivity contribution in [3.63, 3.8) is 0 Å². The number of aliphatic hydroxyl groups is 1. The summed E-state index contributed by atoms with van der Waals surface area (Å²) in [4.78, 5) is 2.32. The number of ether oxygens (including phenoxy) is 1. The van der Waals surface area contributed by atoms with Gasteiger partial charge in [-0.3, -0.25) is 0 Å². The second-order valence-corrected chi connectivity index (χ2v) is 6.23. The number of hydrogen-bond donors (Lipinski definition) is 3. The molecule has 0 aromatic heterocycles. The molecule has 0 atom stereocenters. The van der Waals surface area contributed by atoms with Crippen molar-refractivity contribution in [1.29, 1.82) is 0 Å². The fourth-order valence-corrected chi connectivity index (χ4v) is 3.05. The zero-order valence-electron chi connectivity index (χ0n) is 14.4. The highest BCUT2D eigenvalue weighted by Crippen LogP contribution is 2.36. The van der Waals surface area contributed by atoms with Gasteiger partial charge in [0.2, 0.25) is 0 Å². The summed E-state index contributed by atoms with van der Waals surface area (Å²) in [5.74, 6) is 1.44. The van der Waals surface area contributed by atoms with Gasteiger partial charge in [-0.15, -0.1) is 0 Å². The van der Waals surface area contributed by atoms with Crippen LogP contribution in [0.1, 0.15) is 38.2 Å². The number of allylic oxidation sites excluding steroid dienone is 2. The van der Waals surface area contributed by atoms with E-state index in [0.717, 1.165) is 55.3 Å². The lowest BCUT2D eigenvalue weighted by atomic mass is 9.88. The third-order valence-corrected chi connectivity index (χ3v) is 4.60. The van der Waals surface area contributed by atoms with Crippen molar-refractivity contribution in [2.75, 3.05) is 38.7 Å². The molecule has 1 saturated heterocycles. The average molecular weight is 319 g/mol. The molecule has 0 amide bonds. The van der Waals surface area contributed by atoms with Crippen molar-refractivity contribution in [3.8, 4) is 5.75 Å². The van der Waals surface area contributed by atoms with Gasteiger partial charge in [0, 0.05) is 29.7 Å². The third-order valence-electron chi connectivity index (χ3n) is 4.60. The molecule has 1 heterocycles. The molecule has 0 aliphatic carbocycles. The second kappa shape index (κ2) is 8.22. The third kappa shape index (κ3) is 4.62. The number of methoxy groups -OCH3 is 1. The molecule has 1 aromatic carbocycles. The van der Waals surface area contributed by atoms with Crippen molar-refractivity contribution in [2.24, 2.45) is 5.73 Å². The SMILES string of the molecule is COc1cc(N/C(C)=C(/C)N)ccc1C1CCN(CCO)CC1. The van der Waals surface area contributed by atoms with Gasteiger partial charge in [0.1, 0.15) is 5.75 Å². The van der Waals surface area contributed by atoms with Gasteiger partial charge in [0.25, 0.3) is 0 Å². The Labute approximate surface area is 139 Å². The van der Waals surface area contributed by atoms with Crippen molar-refractivity contribution < 1.29 is 9.84 Å². The van der Waals surface area contributed by atoms with Crippen molar-refractivity contribution in [2.45, 2.75) is 32.6 Å². The lowest BCUT2D eigenvalue weighted by Crippen LogP contribution is -2.35. The van der Waals surface area contributed by atoms with Crippen LogP contribution in [0.4, 0.5) is 5.69 Å². The normalized spacial score (nSPS) is 17.7. The van der Waals surface area contributed by atoms with E-state index in [4.69, 9.17) is 15.6 Å². The Morgan fingerprint density at radius 3 is 2.61 bits per heavy atom. The number of piperidine rings is 1. The van der Waals surface area contributed by atoms with Gasteiger partial charge < -0.3 is 25.8 Å². The van der Waals surface area contributed by atoms with Gasteiger partial charge in [-0.2, -0.15) is 0 Å². The summed E-state index contributed by atoms with van der Waals surface area (Å²) in [6.45, 7) is 6.92. The second-order valence-electron chi connectivity index (χ2n) is 6.23. The van der Waals surface area contributed by atoms with Crippen LogP contribution in [0.3, 0.4) is 0 Å². The van der Waals surface area contributed by atoms with Gasteiger partial charge in [-0.25, -0.2) is 0 Å². The van der Waals surface area contributed by atoms with Crippen LogP contribution in [0.5, 0.6) is 5.75 Å². The van der Waals surface area contributed by atoms with Crippen molar-refractivity contribution >= 4 is 5.69 Å². The Bertz CT molecular complexity index is 545. The molecule has 5 heteroatoms. The van der Waals surface area contributed by atoms with Crippen LogP contribution >= 0.6 is 0 Å². The Morgan fingerprint density at radius 1 is 1.35 bits per heavy atom. The van der Waals surface area contributed by atoms with E-state index in [1.165, 1.54) is 5.56 Å². The number of anilines is 1. The summed E-state index contributed by atoms with van der Waals surface area (Å²) in [6.07, 6.45) is 2.20. The first-order valence-corrected chi connectivity index (χ1v) is 8.26. The van der Waals surface area contributed by atoms with Crippen LogP contribution in [-0.2, 0) is 0 Å². The first-order valence-electron chi connectivity index (χ1n) is 8.26. The standard InChI is InChI=1S/C18H29N3O2/c1-13(19)14(2)20-16-4-5-17(18(12-16)23-3)15-6-8-21(9-7-15)10-11-22/h4-5,12,15,20,22H,6-11,19H2,1-3H3/b14-13-. The summed E-state index contributed by atoms with van der Waals surface area (Å²) in [5.41, 5.74) is 9.80. The number of β-amino-alcohol motifs (C(OH)–C–C–N with tert-alkyl or cyclic N) is 1. The molecule has 1 aliphatic rings. The summed E-state index contributed by atoms with van der Waals surface area (Å²) in [7, 11) is 1.72. The van der Waals surface area contributed by atoms with Gasteiger partial charge in [0.05, 0.1) is 13.7 Å². The maximum atomic E-state index is 9.04. The molecule has 2 rings (SSSR count). The predicted octanol–water partition coefficient (Wildman–Crippen LogP) is 2.49. The molecular weight excluding hydrogens is 290 g/mol. The number of nitrogens with two attached hydrogens (primary N) is 1. The topological polar surface area (TPSA) is 70.8 Å². The number of rotatable bonds is 6. The Morgan fingerprint density at radius 2 is 2.04 bits per heavy atom. The van der Waals surface area contributed by atoms with Crippen molar-refractivity contribution in [3.05, 3.63) is 35.2 Å². The fraction of sp³-hybridized carbons (Fsp3) is 0.556. The molecule has 1 aliphatic heterocycles. The molecule has 0 saturated carbocycles. The highest BCUT2D eigenvalue weighted by Gasteiger charge is 2.22. The van der Waals surface area contributed by atoms with Crippen LogP contribution in [0.15, 0.2) is 29.6 Å². The van der Waals surface area contributed by atoms with Gasteiger partial charge in [0.15, 0.2) is 0 Å². The molecule has 1 fully saturated rings. The van der Waals surface area contributed by atoms with E-state index in [1.807, 2.05) is 19.9 Å². The zero-order valence-corrected chi connectivity index (χ0v) is 14.4. The van der Waals surface area contributed by atoms with E-state index in [-0.39, 0.29) is 6.61 Å². The van der Waals surface area contributed by atoms with E-state index >= 15 is 0 Å². The van der Waals surface area contributed by atoms with Crippen LogP contribution < -0.4 is 15.8 Å². The van der Waals surface area contributed by atoms with Crippen LogP contribution in [0.2, 0.25) is 0 Å². The first kappa shape index (κ1) is 17.6. The fourth-order valence-electron chi connectivity index (χ4n) is 3.05. The number of aliphatic hydroxyl groups excluding tert-OH is 1. The zero-order chi connectivity index (χ0) is 16.8. The number of nitrogens with one attached hydrogen (secondary N) is 1. The maximum absolute atomic E-state index is 9.04. The van der Waals surface area contributed by atoms with E-state index in [1.54, 1.807) is 7.11 Å². The molecule has 0 spiro atoms. The van der Waals surface area contributed by atoms with E-state index in [2.05, 4.69) is 22.3 Å². The number of benzene rings is 1. The number of nitrogens with zero attached hydrogens (tertiary/aromatic N) is 1. The highest BCUT2D eigenvalue weighted by atomic mass is 16.5. The minimum absolute atomic E-state index is 0.238. The summed E-state index contributed by atoms with van der Waals surface area (Å²) in [5, 5.41) is 12.4. The van der Waals surface area contributed by atoms with Crippen LogP contribution in [0, 0.1) is 0 Å². The molecule has 5 nitrogen and oxygen atoms in total. The van der Waals surface area contributed by atoms with E-state index < -0.39 is 0 Å². The summed E-state index contributed by atoms with van der Waals surface area (Å²) in [6, 6.07) is 6.29. The molecule has 0 radical (unpaired) electrons. The van der Waals surface area contributed by atoms with E-state index in [0.29, 0.717) is 5.92 Å². The van der Waals surface area contributed by atoms with Gasteiger partial charge in [-0.05, 0) is 57.3 Å². The predicted molar refractivity (Wildman–Crippen MR) is 94.7 cm³/mol. The summed E-state index contributed by atoms with van der Waals surface area (Å²) < 4.78 is 5.61. The Hall–Kier alpha value is -1.72. The van der Waals surface area contributed by atoms with Crippen LogP contribution in [-0.4, -0.2) is 43.4 Å². The largest absolute Gasteiger partial charge is 0.496 e. The Kier molecular flexibility index (Phi) is 6.30. The number of likely N-dealkylation sites (tertiary alicyclic amines) is 1.